The van der Waals surface area contributed by atoms with Crippen molar-refractivity contribution in [2.45, 2.75) is 25.8 Å². The normalized spacial score (nSPS) is 21.5. The Morgan fingerprint density at radius 2 is 2.22 bits per heavy atom. The molecule has 5 nitrogen and oxygen atoms in total. The number of rotatable bonds is 2. The molecule has 2 aromatic heterocycles. The lowest BCUT2D eigenvalue weighted by Crippen LogP contribution is -2.58. The van der Waals surface area contributed by atoms with E-state index in [1.165, 1.54) is 23.3 Å². The molecule has 2 N–H and O–H groups in total. The molecule has 0 bridgehead atoms. The number of amides is 1. The van der Waals surface area contributed by atoms with Crippen molar-refractivity contribution in [1.82, 2.24) is 15.2 Å². The van der Waals surface area contributed by atoms with Crippen LogP contribution in [0.3, 0.4) is 0 Å². The zero-order valence-electron chi connectivity index (χ0n) is 13.1. The summed E-state index contributed by atoms with van der Waals surface area (Å²) in [4.78, 5) is 17.8. The van der Waals surface area contributed by atoms with Crippen LogP contribution in [-0.4, -0.2) is 28.8 Å². The highest BCUT2D eigenvalue weighted by atomic mass is 32.1. The maximum Gasteiger partial charge on any atom is 0.231 e. The van der Waals surface area contributed by atoms with Gasteiger partial charge >= 0.3 is 0 Å². The van der Waals surface area contributed by atoms with Gasteiger partial charge in [0.1, 0.15) is 5.82 Å². The van der Waals surface area contributed by atoms with Gasteiger partial charge in [-0.2, -0.15) is 0 Å². The van der Waals surface area contributed by atoms with Crippen LogP contribution in [0.15, 0.2) is 23.8 Å². The molecule has 2 aromatic rings. The molecule has 0 radical (unpaired) electrons. The van der Waals surface area contributed by atoms with Crippen molar-refractivity contribution in [2.24, 2.45) is 0 Å². The number of guanidine groups is 1. The van der Waals surface area contributed by atoms with Gasteiger partial charge in [-0.3, -0.25) is 20.1 Å². The minimum Gasteiger partial charge on any atom is -0.345 e. The number of nitrogens with zero attached hydrogens (tertiary/aromatic N) is 2. The smallest absolute Gasteiger partial charge is 0.231 e. The fourth-order valence-corrected chi connectivity index (χ4v) is 3.76. The molecular weight excluding hydrogens is 315 g/mol. The molecule has 1 amide bonds. The topological polar surface area (TPSA) is 69.1 Å². The van der Waals surface area contributed by atoms with Crippen molar-refractivity contribution >= 4 is 23.2 Å². The molecule has 120 valence electrons. The number of hydrogen-bond acceptors (Lipinski definition) is 4. The van der Waals surface area contributed by atoms with Crippen molar-refractivity contribution in [3.05, 3.63) is 40.1 Å². The molecule has 1 fully saturated rings. The second-order valence-electron chi connectivity index (χ2n) is 5.98. The number of halogens is 1. The molecule has 0 spiro atoms. The van der Waals surface area contributed by atoms with Crippen LogP contribution in [0.2, 0.25) is 0 Å². The van der Waals surface area contributed by atoms with Gasteiger partial charge in [-0.15, -0.1) is 11.3 Å². The number of carbonyl (C=O) groups is 1. The highest BCUT2D eigenvalue weighted by Gasteiger charge is 2.41. The second kappa shape index (κ2) is 5.42. The van der Waals surface area contributed by atoms with Gasteiger partial charge in [-0.25, -0.2) is 4.39 Å². The summed E-state index contributed by atoms with van der Waals surface area (Å²) in [6, 6.07) is 1.87. The highest BCUT2D eigenvalue weighted by Crippen LogP contribution is 2.39. The molecule has 0 saturated carbocycles. The average molecular weight is 332 g/mol. The quantitative estimate of drug-likeness (QED) is 0.888. The SMILES string of the molecule is Cc1cncc(-c2csc([C@]3(C)CC(=O)N(C)C(=N)N3)c2F)c1. The molecule has 1 aliphatic heterocycles. The van der Waals surface area contributed by atoms with E-state index in [-0.39, 0.29) is 24.1 Å². The number of thiophene rings is 1. The Morgan fingerprint density at radius 1 is 1.48 bits per heavy atom. The number of hydrogen-bond donors (Lipinski definition) is 2. The van der Waals surface area contributed by atoms with Gasteiger partial charge < -0.3 is 5.32 Å². The van der Waals surface area contributed by atoms with Gasteiger partial charge in [0, 0.05) is 35.9 Å². The Kier molecular flexibility index (Phi) is 3.68. The lowest BCUT2D eigenvalue weighted by Gasteiger charge is -2.38. The van der Waals surface area contributed by atoms with Crippen LogP contribution in [0, 0.1) is 18.2 Å². The third-order valence-corrected chi connectivity index (χ3v) is 5.25. The Bertz CT molecular complexity index is 783. The van der Waals surface area contributed by atoms with E-state index in [1.807, 2.05) is 13.0 Å². The zero-order chi connectivity index (χ0) is 16.8. The summed E-state index contributed by atoms with van der Waals surface area (Å²) >= 11 is 1.25. The van der Waals surface area contributed by atoms with Gasteiger partial charge in [0.15, 0.2) is 5.96 Å². The van der Waals surface area contributed by atoms with Crippen LogP contribution in [0.25, 0.3) is 11.1 Å². The first-order chi connectivity index (χ1) is 10.8. The van der Waals surface area contributed by atoms with Crippen molar-refractivity contribution in [1.29, 1.82) is 5.41 Å². The number of carbonyl (C=O) groups excluding carboxylic acids is 1. The van der Waals surface area contributed by atoms with Gasteiger partial charge in [0.05, 0.1) is 16.8 Å². The van der Waals surface area contributed by atoms with Gasteiger partial charge in [-0.1, -0.05) is 0 Å². The van der Waals surface area contributed by atoms with Crippen LogP contribution in [0.5, 0.6) is 0 Å². The van der Waals surface area contributed by atoms with E-state index >= 15 is 0 Å². The number of aromatic nitrogens is 1. The average Bonchev–Trinajstić information content (AvgIpc) is 2.87. The summed E-state index contributed by atoms with van der Waals surface area (Å²) in [6.45, 7) is 3.65. The van der Waals surface area contributed by atoms with Crippen LogP contribution < -0.4 is 5.32 Å². The lowest BCUT2D eigenvalue weighted by atomic mass is 9.91. The first kappa shape index (κ1) is 15.6. The van der Waals surface area contributed by atoms with Crippen molar-refractivity contribution in [2.75, 3.05) is 7.05 Å². The fraction of sp³-hybridized carbons (Fsp3) is 0.312. The molecule has 3 rings (SSSR count). The maximum absolute atomic E-state index is 15.0. The molecular formula is C16H17FN4OS. The number of aryl methyl sites for hydroxylation is 1. The minimum atomic E-state index is -0.912. The van der Waals surface area contributed by atoms with E-state index in [0.717, 1.165) is 5.56 Å². The van der Waals surface area contributed by atoms with E-state index in [1.54, 1.807) is 24.7 Å². The molecule has 1 aliphatic rings. The number of pyridine rings is 1. The second-order valence-corrected chi connectivity index (χ2v) is 6.86. The minimum absolute atomic E-state index is 0.0182. The Labute approximate surface area is 137 Å². The summed E-state index contributed by atoms with van der Waals surface area (Å²) in [5, 5.41) is 12.6. The van der Waals surface area contributed by atoms with Crippen LogP contribution >= 0.6 is 11.3 Å². The molecule has 1 atom stereocenters. The first-order valence-corrected chi connectivity index (χ1v) is 8.02. The third-order valence-electron chi connectivity index (χ3n) is 4.03. The Hall–Kier alpha value is -2.28. The molecule has 0 aromatic carbocycles. The van der Waals surface area contributed by atoms with Crippen molar-refractivity contribution in [3.8, 4) is 11.1 Å². The highest BCUT2D eigenvalue weighted by molar-refractivity contribution is 7.10. The molecule has 0 unspecified atom stereocenters. The zero-order valence-corrected chi connectivity index (χ0v) is 13.9. The maximum atomic E-state index is 15.0. The predicted molar refractivity (Wildman–Crippen MR) is 87.8 cm³/mol. The van der Waals surface area contributed by atoms with Crippen LogP contribution in [0.1, 0.15) is 23.8 Å². The van der Waals surface area contributed by atoms with Crippen LogP contribution in [0.4, 0.5) is 4.39 Å². The van der Waals surface area contributed by atoms with Gasteiger partial charge in [0.25, 0.3) is 0 Å². The van der Waals surface area contributed by atoms with E-state index in [9.17, 15) is 9.18 Å². The van der Waals surface area contributed by atoms with Crippen LogP contribution in [-0.2, 0) is 10.3 Å². The largest absolute Gasteiger partial charge is 0.345 e. The van der Waals surface area contributed by atoms with Gasteiger partial charge in [0.2, 0.25) is 5.91 Å². The molecule has 7 heteroatoms. The summed E-state index contributed by atoms with van der Waals surface area (Å²) in [7, 11) is 1.53. The third kappa shape index (κ3) is 2.61. The first-order valence-electron chi connectivity index (χ1n) is 7.14. The van der Waals surface area contributed by atoms with E-state index in [0.29, 0.717) is 16.0 Å². The summed E-state index contributed by atoms with van der Waals surface area (Å²) < 4.78 is 15.0. The van der Waals surface area contributed by atoms with E-state index < -0.39 is 5.54 Å². The molecule has 3 heterocycles. The lowest BCUT2D eigenvalue weighted by molar-refractivity contribution is -0.129. The molecule has 23 heavy (non-hydrogen) atoms. The number of nitrogens with one attached hydrogen (secondary N) is 2. The Balaban J connectivity index is 2.02. The summed E-state index contributed by atoms with van der Waals surface area (Å²) in [6.07, 6.45) is 3.45. The monoisotopic (exact) mass is 332 g/mol. The Morgan fingerprint density at radius 3 is 2.87 bits per heavy atom. The van der Waals surface area contributed by atoms with E-state index in [2.05, 4.69) is 10.3 Å². The van der Waals surface area contributed by atoms with Crippen molar-refractivity contribution < 1.29 is 9.18 Å². The van der Waals surface area contributed by atoms with Crippen molar-refractivity contribution in [3.63, 3.8) is 0 Å². The van der Waals surface area contributed by atoms with Gasteiger partial charge in [-0.05, 0) is 25.5 Å². The fourth-order valence-electron chi connectivity index (χ4n) is 2.69. The summed E-state index contributed by atoms with van der Waals surface area (Å²) in [5.74, 6) is -0.583. The predicted octanol–water partition coefficient (Wildman–Crippen LogP) is 2.86. The molecule has 1 saturated heterocycles. The molecule has 0 aliphatic carbocycles. The standard InChI is InChI=1S/C16H17FN4OS/c1-9-4-10(7-19-6-9)11-8-23-14(13(11)17)16(2)5-12(22)21(3)15(18)20-16/h4,6-8H,5H2,1-3H3,(H2,18,20)/t16-/m0/s1. The summed E-state index contributed by atoms with van der Waals surface area (Å²) in [5.41, 5.74) is 1.23. The van der Waals surface area contributed by atoms with E-state index in [4.69, 9.17) is 5.41 Å².